The van der Waals surface area contributed by atoms with Crippen LogP contribution in [-0.4, -0.2) is 17.0 Å². The summed E-state index contributed by atoms with van der Waals surface area (Å²) in [5, 5.41) is 12.6. The maximum absolute atomic E-state index is 12.8. The first-order valence-electron chi connectivity index (χ1n) is 8.26. The molecule has 2 bridgehead atoms. The van der Waals surface area contributed by atoms with Gasteiger partial charge < -0.3 is 10.4 Å². The summed E-state index contributed by atoms with van der Waals surface area (Å²) < 4.78 is 0. The maximum Gasteiger partial charge on any atom is 0.307 e. The van der Waals surface area contributed by atoms with Crippen molar-refractivity contribution in [3.63, 3.8) is 0 Å². The number of hydrogen-bond donors (Lipinski definition) is 2. The van der Waals surface area contributed by atoms with Gasteiger partial charge in [0.2, 0.25) is 5.91 Å². The van der Waals surface area contributed by atoms with Crippen LogP contribution >= 0.6 is 0 Å². The highest BCUT2D eigenvalue weighted by atomic mass is 16.4. The van der Waals surface area contributed by atoms with Crippen LogP contribution in [0.3, 0.4) is 0 Å². The van der Waals surface area contributed by atoms with Gasteiger partial charge in [0.25, 0.3) is 0 Å². The summed E-state index contributed by atoms with van der Waals surface area (Å²) in [5.74, 6) is -0.919. The molecule has 1 aromatic rings. The van der Waals surface area contributed by atoms with Crippen LogP contribution in [0.4, 0.5) is 5.69 Å². The third kappa shape index (κ3) is 2.19. The molecule has 0 heterocycles. The molecule has 0 saturated heterocycles. The first-order chi connectivity index (χ1) is 11.0. The number of allylic oxidation sites excluding steroid dienone is 2. The van der Waals surface area contributed by atoms with E-state index in [2.05, 4.69) is 11.4 Å². The number of aliphatic carboxylic acids is 1. The molecular formula is C19H21NO3. The second-order valence-electron chi connectivity index (χ2n) is 7.28. The number of anilines is 1. The largest absolute Gasteiger partial charge is 0.481 e. The van der Waals surface area contributed by atoms with Crippen LogP contribution in [0.25, 0.3) is 0 Å². The van der Waals surface area contributed by atoms with Gasteiger partial charge in [0, 0.05) is 5.69 Å². The fraction of sp³-hybridized carbons (Fsp3) is 0.474. The number of carboxylic acids is 1. The van der Waals surface area contributed by atoms with Crippen LogP contribution in [0.15, 0.2) is 30.4 Å². The second-order valence-corrected chi connectivity index (χ2v) is 7.28. The number of carboxylic acid groups (broad SMARTS) is 1. The Hall–Kier alpha value is -2.10. The van der Waals surface area contributed by atoms with Crippen molar-refractivity contribution in [1.82, 2.24) is 0 Å². The van der Waals surface area contributed by atoms with Gasteiger partial charge in [-0.25, -0.2) is 0 Å². The number of rotatable bonds is 3. The molecule has 0 radical (unpaired) electrons. The number of carbonyl (C=O) groups is 2. The minimum absolute atomic E-state index is 0.0259. The highest BCUT2D eigenvalue weighted by Crippen LogP contribution is 2.63. The Bertz CT molecular complexity index is 723. The van der Waals surface area contributed by atoms with Crippen molar-refractivity contribution in [2.24, 2.45) is 35.5 Å². The van der Waals surface area contributed by atoms with Crippen LogP contribution in [0.2, 0.25) is 0 Å². The Labute approximate surface area is 135 Å². The van der Waals surface area contributed by atoms with Gasteiger partial charge in [-0.2, -0.15) is 0 Å². The topological polar surface area (TPSA) is 66.4 Å². The Morgan fingerprint density at radius 1 is 1.04 bits per heavy atom. The predicted octanol–water partition coefficient (Wildman–Crippen LogP) is 3.01. The number of benzene rings is 1. The van der Waals surface area contributed by atoms with Crippen molar-refractivity contribution in [1.29, 1.82) is 0 Å². The van der Waals surface area contributed by atoms with Gasteiger partial charge in [0.05, 0.1) is 11.8 Å². The Morgan fingerprint density at radius 3 is 2.30 bits per heavy atom. The van der Waals surface area contributed by atoms with E-state index in [-0.39, 0.29) is 17.7 Å². The molecule has 120 valence electrons. The standard InChI is InChI=1S/C19H21NO3/c1-9-3-4-11(7-10(9)2)20-18(21)16-12-5-6-13(15-8-14(12)15)17(16)19(22)23/h3-7,12-17H,8H2,1-2H3,(H,20,21)(H,22,23). The maximum atomic E-state index is 12.8. The minimum Gasteiger partial charge on any atom is -0.481 e. The van der Waals surface area contributed by atoms with Crippen LogP contribution in [0.5, 0.6) is 0 Å². The smallest absolute Gasteiger partial charge is 0.307 e. The fourth-order valence-corrected chi connectivity index (χ4v) is 4.61. The van der Waals surface area contributed by atoms with Crippen LogP contribution in [-0.2, 0) is 9.59 Å². The highest BCUT2D eigenvalue weighted by molar-refractivity contribution is 5.96. The van der Waals surface area contributed by atoms with Gasteiger partial charge in [-0.1, -0.05) is 18.2 Å². The van der Waals surface area contributed by atoms with E-state index < -0.39 is 17.8 Å². The predicted molar refractivity (Wildman–Crippen MR) is 86.9 cm³/mol. The molecule has 0 aromatic heterocycles. The van der Waals surface area contributed by atoms with Gasteiger partial charge >= 0.3 is 5.97 Å². The number of aryl methyl sites for hydroxylation is 2. The molecule has 4 aliphatic rings. The lowest BCUT2D eigenvalue weighted by atomic mass is 9.62. The molecule has 4 heteroatoms. The lowest BCUT2D eigenvalue weighted by Gasteiger charge is -2.41. The fourth-order valence-electron chi connectivity index (χ4n) is 4.61. The Balaban J connectivity index is 1.60. The molecule has 5 rings (SSSR count). The van der Waals surface area contributed by atoms with E-state index in [1.807, 2.05) is 38.1 Å². The number of hydrogen-bond acceptors (Lipinski definition) is 2. The summed E-state index contributed by atoms with van der Waals surface area (Å²) in [6.07, 6.45) is 5.19. The zero-order chi connectivity index (χ0) is 16.3. The van der Waals surface area contributed by atoms with Gasteiger partial charge in [-0.15, -0.1) is 0 Å². The normalized spacial score (nSPS) is 36.4. The zero-order valence-corrected chi connectivity index (χ0v) is 13.3. The summed E-state index contributed by atoms with van der Waals surface area (Å²) in [6.45, 7) is 4.03. The summed E-state index contributed by atoms with van der Waals surface area (Å²) in [7, 11) is 0. The molecule has 6 atom stereocenters. The Kier molecular flexibility index (Phi) is 3.12. The molecule has 4 aliphatic carbocycles. The van der Waals surface area contributed by atoms with Crippen molar-refractivity contribution >= 4 is 17.6 Å². The number of amides is 1. The molecule has 23 heavy (non-hydrogen) atoms. The molecule has 2 fully saturated rings. The van der Waals surface area contributed by atoms with Crippen molar-refractivity contribution in [2.75, 3.05) is 5.32 Å². The van der Waals surface area contributed by atoms with E-state index in [0.717, 1.165) is 17.7 Å². The first-order valence-corrected chi connectivity index (χ1v) is 8.26. The van der Waals surface area contributed by atoms with Crippen molar-refractivity contribution in [3.8, 4) is 0 Å². The SMILES string of the molecule is Cc1ccc(NC(=O)C2C3C=CC(C4CC34)C2C(=O)O)cc1C. The first kappa shape index (κ1) is 14.5. The van der Waals surface area contributed by atoms with E-state index in [4.69, 9.17) is 0 Å². The van der Waals surface area contributed by atoms with Crippen LogP contribution in [0.1, 0.15) is 17.5 Å². The van der Waals surface area contributed by atoms with Crippen molar-refractivity contribution in [3.05, 3.63) is 41.5 Å². The number of fused-ring (bicyclic) bond motifs is 1. The molecule has 2 N–H and O–H groups in total. The third-order valence-electron chi connectivity index (χ3n) is 6.01. The van der Waals surface area contributed by atoms with Crippen molar-refractivity contribution in [2.45, 2.75) is 20.3 Å². The average Bonchev–Trinajstić information content (AvgIpc) is 3.32. The van der Waals surface area contributed by atoms with Gasteiger partial charge in [0.15, 0.2) is 0 Å². The Morgan fingerprint density at radius 2 is 1.70 bits per heavy atom. The highest BCUT2D eigenvalue weighted by Gasteiger charge is 2.62. The van der Waals surface area contributed by atoms with Crippen LogP contribution in [0, 0.1) is 49.4 Å². The minimum atomic E-state index is -0.838. The molecule has 1 amide bonds. The molecule has 0 spiro atoms. The van der Waals surface area contributed by atoms with E-state index >= 15 is 0 Å². The van der Waals surface area contributed by atoms with E-state index in [1.165, 1.54) is 5.56 Å². The molecule has 0 aliphatic heterocycles. The average molecular weight is 311 g/mol. The quantitative estimate of drug-likeness (QED) is 0.843. The monoisotopic (exact) mass is 311 g/mol. The van der Waals surface area contributed by atoms with E-state index in [1.54, 1.807) is 0 Å². The van der Waals surface area contributed by atoms with Crippen LogP contribution < -0.4 is 5.32 Å². The summed E-state index contributed by atoms with van der Waals surface area (Å²) in [5.41, 5.74) is 3.04. The molecule has 4 nitrogen and oxygen atoms in total. The summed E-state index contributed by atoms with van der Waals surface area (Å²) in [6, 6.07) is 5.80. The summed E-state index contributed by atoms with van der Waals surface area (Å²) in [4.78, 5) is 24.6. The molecular weight excluding hydrogens is 290 g/mol. The number of nitrogens with one attached hydrogen (secondary N) is 1. The molecule has 1 aromatic carbocycles. The third-order valence-corrected chi connectivity index (χ3v) is 6.01. The van der Waals surface area contributed by atoms with E-state index in [0.29, 0.717) is 11.8 Å². The lowest BCUT2D eigenvalue weighted by Crippen LogP contribution is -2.48. The van der Waals surface area contributed by atoms with Gasteiger partial charge in [-0.3, -0.25) is 9.59 Å². The lowest BCUT2D eigenvalue weighted by molar-refractivity contribution is -0.152. The molecule has 2 saturated carbocycles. The zero-order valence-electron chi connectivity index (χ0n) is 13.3. The van der Waals surface area contributed by atoms with E-state index in [9.17, 15) is 14.7 Å². The molecule has 6 unspecified atom stereocenters. The summed E-state index contributed by atoms with van der Waals surface area (Å²) >= 11 is 0. The number of carbonyl (C=O) groups excluding carboxylic acids is 1. The van der Waals surface area contributed by atoms with Gasteiger partial charge in [0.1, 0.15) is 0 Å². The second kappa shape index (κ2) is 4.95. The van der Waals surface area contributed by atoms with Crippen molar-refractivity contribution < 1.29 is 14.7 Å². The van der Waals surface area contributed by atoms with Gasteiger partial charge in [-0.05, 0) is 67.2 Å².